The van der Waals surface area contributed by atoms with Crippen LogP contribution in [0.25, 0.3) is 17.2 Å². The number of fused-ring (bicyclic) bond motifs is 1. The predicted octanol–water partition coefficient (Wildman–Crippen LogP) is 4.73. The Labute approximate surface area is 176 Å². The van der Waals surface area contributed by atoms with Gasteiger partial charge in [0.1, 0.15) is 11.9 Å². The first-order chi connectivity index (χ1) is 14.5. The standard InChI is InChI=1S/C25H28FNO3/c1-3-21-18(14-28)12-23-24(15(2)30-25(23)29)22(21)10-9-20-8-7-17(13-27-20)16-5-4-6-19(26)11-16/h4-11,13,15,18,21-24,28H,3,12,14H2,1-2H3/b10-9+/t15-,18?,21?,22?,23?,24?/m1/s1. The molecule has 2 heterocycles. The molecule has 0 radical (unpaired) electrons. The quantitative estimate of drug-likeness (QED) is 0.725. The van der Waals surface area contributed by atoms with E-state index in [9.17, 15) is 14.3 Å². The van der Waals surface area contributed by atoms with Crippen molar-refractivity contribution in [2.75, 3.05) is 6.61 Å². The van der Waals surface area contributed by atoms with Gasteiger partial charge in [-0.2, -0.15) is 0 Å². The Morgan fingerprint density at radius 2 is 2.10 bits per heavy atom. The number of esters is 1. The van der Waals surface area contributed by atoms with Crippen molar-refractivity contribution in [3.8, 4) is 11.1 Å². The lowest BCUT2D eigenvalue weighted by Crippen LogP contribution is -2.42. The van der Waals surface area contributed by atoms with Crippen LogP contribution in [0.15, 0.2) is 48.7 Å². The third-order valence-corrected chi connectivity index (χ3v) is 6.85. The molecule has 1 aromatic carbocycles. The van der Waals surface area contributed by atoms with Gasteiger partial charge in [0, 0.05) is 24.3 Å². The van der Waals surface area contributed by atoms with Crippen molar-refractivity contribution in [1.29, 1.82) is 0 Å². The van der Waals surface area contributed by atoms with Gasteiger partial charge in [0.05, 0.1) is 11.6 Å². The zero-order valence-electron chi connectivity index (χ0n) is 17.4. The van der Waals surface area contributed by atoms with E-state index in [4.69, 9.17) is 4.74 Å². The van der Waals surface area contributed by atoms with Crippen LogP contribution in [0.4, 0.5) is 4.39 Å². The molecule has 2 fully saturated rings. The SMILES string of the molecule is CCC1C(CO)CC2C(=O)O[C@H](C)C2C1/C=C/c1ccc(-c2cccc(F)c2)cn1. The van der Waals surface area contributed by atoms with Crippen LogP contribution in [-0.4, -0.2) is 28.8 Å². The molecular formula is C25H28FNO3. The van der Waals surface area contributed by atoms with Gasteiger partial charge in [0.2, 0.25) is 0 Å². The number of ether oxygens (including phenoxy) is 1. The molecule has 6 atom stereocenters. The van der Waals surface area contributed by atoms with E-state index < -0.39 is 0 Å². The first kappa shape index (κ1) is 20.7. The van der Waals surface area contributed by atoms with Crippen molar-refractivity contribution in [1.82, 2.24) is 4.98 Å². The molecule has 4 nitrogen and oxygen atoms in total. The van der Waals surface area contributed by atoms with Crippen LogP contribution in [0.5, 0.6) is 0 Å². The summed E-state index contributed by atoms with van der Waals surface area (Å²) in [6.45, 7) is 4.21. The highest BCUT2D eigenvalue weighted by Gasteiger charge is 2.52. The maximum atomic E-state index is 13.5. The fourth-order valence-electron chi connectivity index (χ4n) is 5.41. The number of pyridine rings is 1. The maximum Gasteiger partial charge on any atom is 0.309 e. The van der Waals surface area contributed by atoms with E-state index in [1.54, 1.807) is 12.3 Å². The maximum absolute atomic E-state index is 13.5. The first-order valence-corrected chi connectivity index (χ1v) is 10.7. The van der Waals surface area contributed by atoms with Crippen molar-refractivity contribution >= 4 is 12.0 Å². The number of carbonyl (C=O) groups is 1. The minimum Gasteiger partial charge on any atom is -0.462 e. The number of aliphatic hydroxyl groups excluding tert-OH is 1. The number of nitrogens with zero attached hydrogens (tertiary/aromatic N) is 1. The molecule has 0 amide bonds. The lowest BCUT2D eigenvalue weighted by Gasteiger charge is -2.42. The molecule has 0 spiro atoms. The summed E-state index contributed by atoms with van der Waals surface area (Å²) >= 11 is 0. The summed E-state index contributed by atoms with van der Waals surface area (Å²) in [7, 11) is 0. The van der Waals surface area contributed by atoms with E-state index in [0.717, 1.165) is 23.2 Å². The summed E-state index contributed by atoms with van der Waals surface area (Å²) in [5.41, 5.74) is 2.46. The molecule has 1 saturated carbocycles. The zero-order chi connectivity index (χ0) is 21.3. The van der Waals surface area contributed by atoms with Crippen LogP contribution < -0.4 is 0 Å². The summed E-state index contributed by atoms with van der Waals surface area (Å²) < 4.78 is 19.0. The summed E-state index contributed by atoms with van der Waals surface area (Å²) in [5.74, 6) is 0.150. The van der Waals surface area contributed by atoms with Crippen molar-refractivity contribution in [2.45, 2.75) is 32.8 Å². The Morgan fingerprint density at radius 1 is 1.27 bits per heavy atom. The molecule has 1 aliphatic heterocycles. The number of hydrogen-bond acceptors (Lipinski definition) is 4. The Bertz CT molecular complexity index is 926. The van der Waals surface area contributed by atoms with Crippen LogP contribution >= 0.6 is 0 Å². The van der Waals surface area contributed by atoms with Crippen molar-refractivity contribution in [3.05, 3.63) is 60.2 Å². The molecule has 4 rings (SSSR count). The first-order valence-electron chi connectivity index (χ1n) is 10.7. The average Bonchev–Trinajstić information content (AvgIpc) is 3.04. The topological polar surface area (TPSA) is 59.4 Å². The lowest BCUT2D eigenvalue weighted by molar-refractivity contribution is -0.144. The van der Waals surface area contributed by atoms with Gasteiger partial charge >= 0.3 is 5.97 Å². The van der Waals surface area contributed by atoms with Gasteiger partial charge in [-0.05, 0) is 60.9 Å². The highest BCUT2D eigenvalue weighted by Crippen LogP contribution is 2.50. The third kappa shape index (κ3) is 3.91. The number of benzene rings is 1. The molecule has 1 N–H and O–H groups in total. The Hall–Kier alpha value is -2.53. The molecule has 1 aromatic heterocycles. The fraction of sp³-hybridized carbons (Fsp3) is 0.440. The highest BCUT2D eigenvalue weighted by atomic mass is 19.1. The van der Waals surface area contributed by atoms with Gasteiger partial charge in [-0.1, -0.05) is 37.6 Å². The number of aromatic nitrogens is 1. The second-order valence-corrected chi connectivity index (χ2v) is 8.49. The van der Waals surface area contributed by atoms with Crippen molar-refractivity contribution in [3.63, 3.8) is 0 Å². The van der Waals surface area contributed by atoms with E-state index in [1.165, 1.54) is 12.1 Å². The molecule has 5 heteroatoms. The normalized spacial score (nSPS) is 31.0. The van der Waals surface area contributed by atoms with Crippen LogP contribution in [0, 0.1) is 35.4 Å². The zero-order valence-corrected chi connectivity index (χ0v) is 17.4. The number of carbonyl (C=O) groups excluding carboxylic acids is 1. The minimum absolute atomic E-state index is 0.0916. The van der Waals surface area contributed by atoms with Crippen molar-refractivity contribution < 1.29 is 19.0 Å². The van der Waals surface area contributed by atoms with Crippen LogP contribution in [-0.2, 0) is 9.53 Å². The number of halogens is 1. The second kappa shape index (κ2) is 8.68. The molecule has 2 aromatic rings. The van der Waals surface area contributed by atoms with Gasteiger partial charge in [-0.3, -0.25) is 9.78 Å². The summed E-state index contributed by atoms with van der Waals surface area (Å²) in [4.78, 5) is 16.8. The van der Waals surface area contributed by atoms with E-state index in [2.05, 4.69) is 18.0 Å². The lowest BCUT2D eigenvalue weighted by atomic mass is 9.60. The Kier molecular flexibility index (Phi) is 6.00. The third-order valence-electron chi connectivity index (χ3n) is 6.85. The van der Waals surface area contributed by atoms with Crippen LogP contribution in [0.1, 0.15) is 32.4 Å². The van der Waals surface area contributed by atoms with E-state index in [1.807, 2.05) is 31.2 Å². The van der Waals surface area contributed by atoms with Gasteiger partial charge in [-0.15, -0.1) is 0 Å². The van der Waals surface area contributed by atoms with E-state index in [0.29, 0.717) is 12.3 Å². The number of rotatable bonds is 5. The number of allylic oxidation sites excluding steroid dienone is 1. The Balaban J connectivity index is 1.58. The minimum atomic E-state index is -0.269. The molecule has 2 aliphatic rings. The molecule has 158 valence electrons. The average molecular weight is 410 g/mol. The van der Waals surface area contributed by atoms with Gasteiger partial charge in [0.15, 0.2) is 0 Å². The summed E-state index contributed by atoms with van der Waals surface area (Å²) in [6, 6.07) is 10.3. The monoisotopic (exact) mass is 409 g/mol. The van der Waals surface area contributed by atoms with E-state index >= 15 is 0 Å². The van der Waals surface area contributed by atoms with Gasteiger partial charge in [0.25, 0.3) is 0 Å². The van der Waals surface area contributed by atoms with E-state index in [-0.39, 0.29) is 48.2 Å². The smallest absolute Gasteiger partial charge is 0.309 e. The summed E-state index contributed by atoms with van der Waals surface area (Å²) in [6.07, 6.45) is 7.42. The fourth-order valence-corrected chi connectivity index (χ4v) is 5.41. The van der Waals surface area contributed by atoms with Gasteiger partial charge in [-0.25, -0.2) is 4.39 Å². The molecule has 30 heavy (non-hydrogen) atoms. The molecule has 0 bridgehead atoms. The van der Waals surface area contributed by atoms with Crippen LogP contribution in [0.2, 0.25) is 0 Å². The molecule has 5 unspecified atom stereocenters. The summed E-state index contributed by atoms with van der Waals surface area (Å²) in [5, 5.41) is 9.91. The largest absolute Gasteiger partial charge is 0.462 e. The van der Waals surface area contributed by atoms with Crippen LogP contribution in [0.3, 0.4) is 0 Å². The molecule has 1 saturated heterocycles. The van der Waals surface area contributed by atoms with Gasteiger partial charge < -0.3 is 9.84 Å². The molecular weight excluding hydrogens is 381 g/mol. The Morgan fingerprint density at radius 3 is 2.77 bits per heavy atom. The number of hydrogen-bond donors (Lipinski definition) is 1. The predicted molar refractivity (Wildman–Crippen MR) is 114 cm³/mol. The number of aliphatic hydroxyl groups is 1. The second-order valence-electron chi connectivity index (χ2n) is 8.49. The molecule has 1 aliphatic carbocycles. The number of cyclic esters (lactones) is 1. The van der Waals surface area contributed by atoms with Crippen molar-refractivity contribution in [2.24, 2.45) is 29.6 Å². The highest BCUT2D eigenvalue weighted by molar-refractivity contribution is 5.75.